The predicted octanol–water partition coefficient (Wildman–Crippen LogP) is 0.996. The van der Waals surface area contributed by atoms with Crippen LogP contribution in [0.4, 0.5) is 0 Å². The monoisotopic (exact) mass is 323 g/mol. The van der Waals surface area contributed by atoms with Crippen LogP contribution in [-0.4, -0.2) is 44.9 Å². The maximum absolute atomic E-state index is 12.2. The van der Waals surface area contributed by atoms with Crippen LogP contribution in [0.1, 0.15) is 5.56 Å². The summed E-state index contributed by atoms with van der Waals surface area (Å²) in [6.07, 6.45) is 1.67. The number of nitrogens with zero attached hydrogens (tertiary/aromatic N) is 1. The average Bonchev–Trinajstić information content (AvgIpc) is 2.51. The van der Waals surface area contributed by atoms with Crippen LogP contribution in [0.5, 0.6) is 0 Å². The Hall–Kier alpha value is -1.41. The summed E-state index contributed by atoms with van der Waals surface area (Å²) in [6, 6.07) is 6.65. The molecule has 1 amide bonds. The van der Waals surface area contributed by atoms with Crippen LogP contribution in [0.3, 0.4) is 0 Å². The van der Waals surface area contributed by atoms with E-state index in [9.17, 15) is 9.59 Å². The summed E-state index contributed by atoms with van der Waals surface area (Å²) in [5, 5.41) is 2.21. The van der Waals surface area contributed by atoms with Crippen molar-refractivity contribution in [2.75, 3.05) is 0 Å². The van der Waals surface area contributed by atoms with Crippen LogP contribution in [0.15, 0.2) is 30.3 Å². The van der Waals surface area contributed by atoms with E-state index in [0.29, 0.717) is 5.56 Å². The molecule has 1 aromatic rings. The second kappa shape index (κ2) is 8.01. The molecule has 0 fully saturated rings. The zero-order chi connectivity index (χ0) is 15.1. The van der Waals surface area contributed by atoms with Gasteiger partial charge >= 0.3 is 0 Å². The van der Waals surface area contributed by atoms with Crippen molar-refractivity contribution >= 4 is 64.6 Å². The topological polar surface area (TPSA) is 63.4 Å². The first-order valence-corrected chi connectivity index (χ1v) is 6.88. The van der Waals surface area contributed by atoms with E-state index in [0.717, 1.165) is 15.6 Å². The van der Waals surface area contributed by atoms with Gasteiger partial charge in [-0.25, -0.2) is 0 Å². The molecule has 0 aliphatic rings. The van der Waals surface area contributed by atoms with Gasteiger partial charge in [-0.3, -0.25) is 14.5 Å². The van der Waals surface area contributed by atoms with Crippen LogP contribution in [0.2, 0.25) is 0 Å². The van der Waals surface area contributed by atoms with Crippen LogP contribution in [0, 0.1) is 0 Å². The lowest BCUT2D eigenvalue weighted by Gasteiger charge is -2.27. The number of benzene rings is 1. The first-order valence-electron chi connectivity index (χ1n) is 5.53. The van der Waals surface area contributed by atoms with Gasteiger partial charge in [0.15, 0.2) is 0 Å². The van der Waals surface area contributed by atoms with Gasteiger partial charge in [0.25, 0.3) is 0 Å². The van der Waals surface area contributed by atoms with Crippen LogP contribution >= 0.6 is 36.7 Å². The van der Waals surface area contributed by atoms with Crippen molar-refractivity contribution in [1.82, 2.24) is 4.90 Å². The largest absolute Gasteiger partial charge is 0.316 e. The van der Waals surface area contributed by atoms with Crippen molar-refractivity contribution in [3.63, 3.8) is 0 Å². The quantitative estimate of drug-likeness (QED) is 0.788. The molecule has 7 heteroatoms. The van der Waals surface area contributed by atoms with Gasteiger partial charge in [0.1, 0.15) is 17.1 Å². The molecule has 0 unspecified atom stereocenters. The SMILES string of the molecule is N[C@@H](C=S)C(=O)N(C(=S)c1ccccc1)[C@H]([C]=O)C=S. The minimum absolute atomic E-state index is 0.150. The summed E-state index contributed by atoms with van der Waals surface area (Å²) >= 11 is 14.6. The van der Waals surface area contributed by atoms with E-state index in [1.807, 2.05) is 6.07 Å². The van der Waals surface area contributed by atoms with Crippen LogP contribution in [0.25, 0.3) is 0 Å². The van der Waals surface area contributed by atoms with E-state index in [1.54, 1.807) is 30.6 Å². The summed E-state index contributed by atoms with van der Waals surface area (Å²) in [7, 11) is 0. The number of carbonyl (C=O) groups is 1. The van der Waals surface area contributed by atoms with Crippen molar-refractivity contribution in [3.05, 3.63) is 35.9 Å². The molecule has 103 valence electrons. The molecule has 4 nitrogen and oxygen atoms in total. The van der Waals surface area contributed by atoms with Crippen molar-refractivity contribution in [3.8, 4) is 0 Å². The molecule has 2 N–H and O–H groups in total. The molecule has 0 aliphatic heterocycles. The van der Waals surface area contributed by atoms with Gasteiger partial charge in [0.05, 0.1) is 0 Å². The van der Waals surface area contributed by atoms with Gasteiger partial charge in [0.2, 0.25) is 12.2 Å². The second-order valence-corrected chi connectivity index (χ2v) is 4.67. The molecule has 20 heavy (non-hydrogen) atoms. The Balaban J connectivity index is 3.20. The van der Waals surface area contributed by atoms with Crippen molar-refractivity contribution in [1.29, 1.82) is 0 Å². The molecule has 0 saturated carbocycles. The Labute approximate surface area is 132 Å². The zero-order valence-corrected chi connectivity index (χ0v) is 12.7. The van der Waals surface area contributed by atoms with E-state index in [2.05, 4.69) is 12.2 Å². The molecule has 1 radical (unpaired) electrons. The number of nitrogens with two attached hydrogens (primary N) is 1. The third kappa shape index (κ3) is 3.80. The fourth-order valence-electron chi connectivity index (χ4n) is 1.44. The molecule has 0 saturated heterocycles. The normalized spacial score (nSPS) is 12.8. The predicted molar refractivity (Wildman–Crippen MR) is 89.8 cm³/mol. The summed E-state index contributed by atoms with van der Waals surface area (Å²) in [5.41, 5.74) is 6.19. The number of rotatable bonds is 6. The molecular weight excluding hydrogens is 312 g/mol. The lowest BCUT2D eigenvalue weighted by atomic mass is 10.1. The van der Waals surface area contributed by atoms with E-state index in [1.165, 1.54) is 0 Å². The third-order valence-electron chi connectivity index (χ3n) is 2.44. The minimum atomic E-state index is -1.08. The Kier molecular flexibility index (Phi) is 6.66. The first-order chi connectivity index (χ1) is 9.56. The van der Waals surface area contributed by atoms with Crippen molar-refractivity contribution in [2.45, 2.75) is 12.1 Å². The maximum atomic E-state index is 12.2. The molecule has 0 bridgehead atoms. The highest BCUT2D eigenvalue weighted by Gasteiger charge is 2.29. The molecule has 0 heterocycles. The standard InChI is InChI=1S/C13H11N2O2S3/c14-11(8-19)12(17)15(10(6-16)7-18)13(20)9-4-2-1-3-5-9/h1-5,7-8,10-11H,14H2/t10-,11+/m1/s1. The van der Waals surface area contributed by atoms with E-state index in [4.69, 9.17) is 30.2 Å². The van der Waals surface area contributed by atoms with Crippen molar-refractivity contribution < 1.29 is 9.59 Å². The van der Waals surface area contributed by atoms with Crippen LogP contribution in [-0.2, 0) is 9.59 Å². The Morgan fingerprint density at radius 2 is 1.85 bits per heavy atom. The van der Waals surface area contributed by atoms with E-state index >= 15 is 0 Å². The molecular formula is C13H11N2O2S3. The Morgan fingerprint density at radius 1 is 1.25 bits per heavy atom. The van der Waals surface area contributed by atoms with Gasteiger partial charge < -0.3 is 5.73 Å². The summed E-state index contributed by atoms with van der Waals surface area (Å²) in [6.45, 7) is 0. The van der Waals surface area contributed by atoms with Gasteiger partial charge in [-0.1, -0.05) is 67.0 Å². The summed E-state index contributed by atoms with van der Waals surface area (Å²) in [4.78, 5) is 24.4. The number of amides is 1. The average molecular weight is 323 g/mol. The molecule has 1 rings (SSSR count). The van der Waals surface area contributed by atoms with E-state index < -0.39 is 18.0 Å². The highest BCUT2D eigenvalue weighted by Crippen LogP contribution is 2.10. The lowest BCUT2D eigenvalue weighted by Crippen LogP contribution is -2.52. The van der Waals surface area contributed by atoms with E-state index in [-0.39, 0.29) is 4.99 Å². The minimum Gasteiger partial charge on any atom is -0.316 e. The number of hydrogen-bond acceptors (Lipinski definition) is 6. The van der Waals surface area contributed by atoms with Gasteiger partial charge in [-0.15, -0.1) is 0 Å². The molecule has 1 aromatic carbocycles. The summed E-state index contributed by atoms with van der Waals surface area (Å²) < 4.78 is 0. The number of carbonyl (C=O) groups excluding carboxylic acids is 2. The molecule has 0 spiro atoms. The molecule has 2 atom stereocenters. The highest BCUT2D eigenvalue weighted by atomic mass is 32.1. The fraction of sp³-hybridized carbons (Fsp3) is 0.154. The maximum Gasteiger partial charge on any atom is 0.250 e. The van der Waals surface area contributed by atoms with Crippen molar-refractivity contribution in [2.24, 2.45) is 5.73 Å². The second-order valence-electron chi connectivity index (χ2n) is 3.74. The molecule has 0 aliphatic carbocycles. The first kappa shape index (κ1) is 16.6. The Morgan fingerprint density at radius 3 is 2.30 bits per heavy atom. The Bertz CT molecular complexity index is 526. The zero-order valence-electron chi connectivity index (χ0n) is 10.3. The smallest absolute Gasteiger partial charge is 0.250 e. The fourth-order valence-corrected chi connectivity index (χ4v) is 2.08. The molecule has 0 aromatic heterocycles. The van der Waals surface area contributed by atoms with Gasteiger partial charge in [0, 0.05) is 16.3 Å². The summed E-state index contributed by atoms with van der Waals surface area (Å²) in [5.74, 6) is -0.594. The van der Waals surface area contributed by atoms with Gasteiger partial charge in [-0.2, -0.15) is 0 Å². The highest BCUT2D eigenvalue weighted by molar-refractivity contribution is 7.81. The third-order valence-corrected chi connectivity index (χ3v) is 3.42. The number of hydrogen-bond donors (Lipinski definition) is 1. The van der Waals surface area contributed by atoms with Crippen LogP contribution < -0.4 is 5.73 Å². The van der Waals surface area contributed by atoms with Gasteiger partial charge in [-0.05, 0) is 0 Å². The lowest BCUT2D eigenvalue weighted by molar-refractivity contribution is -0.127. The number of thiocarbonyl (C=S) groups is 3.